The first kappa shape index (κ1) is 23.2. The number of benzene rings is 2. The van der Waals surface area contributed by atoms with Crippen molar-refractivity contribution in [1.82, 2.24) is 9.29 Å². The van der Waals surface area contributed by atoms with Crippen molar-refractivity contribution in [2.24, 2.45) is 0 Å². The highest BCUT2D eigenvalue weighted by Gasteiger charge is 2.24. The Bertz CT molecular complexity index is 1320. The second kappa shape index (κ2) is 9.78. The van der Waals surface area contributed by atoms with Gasteiger partial charge in [0, 0.05) is 37.6 Å². The van der Waals surface area contributed by atoms with Crippen LogP contribution >= 0.6 is 11.3 Å². The van der Waals surface area contributed by atoms with E-state index < -0.39 is 27.6 Å². The van der Waals surface area contributed by atoms with Gasteiger partial charge in [-0.15, -0.1) is 0 Å². The van der Waals surface area contributed by atoms with Gasteiger partial charge < -0.3 is 0 Å². The molecule has 0 unspecified atom stereocenters. The molecule has 0 spiro atoms. The van der Waals surface area contributed by atoms with Crippen molar-refractivity contribution < 1.29 is 22.0 Å². The number of halogens is 2. The molecule has 0 aliphatic rings. The molecule has 0 fully saturated rings. The third-order valence-electron chi connectivity index (χ3n) is 4.33. The molecular weight excluding hydrogens is 460 g/mol. The van der Waals surface area contributed by atoms with Crippen LogP contribution in [-0.2, 0) is 10.0 Å². The summed E-state index contributed by atoms with van der Waals surface area (Å²) in [6.07, 6.45) is -0.0599. The molecule has 0 radical (unpaired) electrons. The molecule has 1 aromatic heterocycles. The number of nitriles is 2. The van der Waals surface area contributed by atoms with E-state index in [1.807, 2.05) is 12.1 Å². The van der Waals surface area contributed by atoms with Gasteiger partial charge in [0.25, 0.3) is 5.91 Å². The lowest BCUT2D eigenvalue weighted by molar-refractivity contribution is 0.102. The van der Waals surface area contributed by atoms with Gasteiger partial charge >= 0.3 is 0 Å². The maximum Gasteiger partial charge on any atom is 0.257 e. The SMILES string of the molecule is N#CCCN(CCC#N)S(=O)(=O)c1ccc(C(=O)Nc2nc3c(F)cc(F)cc3s2)cc1. The summed E-state index contributed by atoms with van der Waals surface area (Å²) in [7, 11) is -3.96. The van der Waals surface area contributed by atoms with Crippen molar-refractivity contribution in [2.75, 3.05) is 18.4 Å². The topological polar surface area (TPSA) is 127 Å². The van der Waals surface area contributed by atoms with Crippen LogP contribution in [0.15, 0.2) is 41.3 Å². The first-order valence-electron chi connectivity index (χ1n) is 9.17. The van der Waals surface area contributed by atoms with Crippen molar-refractivity contribution >= 4 is 42.6 Å². The molecule has 0 aliphatic carbocycles. The predicted octanol–water partition coefficient (Wildman–Crippen LogP) is 3.64. The number of hydrogen-bond donors (Lipinski definition) is 1. The molecule has 8 nitrogen and oxygen atoms in total. The lowest BCUT2D eigenvalue weighted by atomic mass is 10.2. The number of anilines is 1. The summed E-state index contributed by atoms with van der Waals surface area (Å²) < 4.78 is 54.0. The molecule has 164 valence electrons. The minimum Gasteiger partial charge on any atom is -0.298 e. The van der Waals surface area contributed by atoms with Gasteiger partial charge in [0.05, 0.1) is 21.7 Å². The normalized spacial score (nSPS) is 11.3. The Morgan fingerprint density at radius 1 is 1.09 bits per heavy atom. The second-order valence-corrected chi connectivity index (χ2v) is 9.42. The molecule has 0 aliphatic heterocycles. The average Bonchev–Trinajstić information content (AvgIpc) is 3.16. The number of amides is 1. The number of nitrogens with one attached hydrogen (secondary N) is 1. The highest BCUT2D eigenvalue weighted by Crippen LogP contribution is 2.29. The summed E-state index contributed by atoms with van der Waals surface area (Å²) in [6, 6.07) is 10.6. The largest absolute Gasteiger partial charge is 0.298 e. The molecule has 1 amide bonds. The van der Waals surface area contributed by atoms with E-state index in [0.29, 0.717) is 6.07 Å². The summed E-state index contributed by atoms with van der Waals surface area (Å²) in [4.78, 5) is 16.3. The van der Waals surface area contributed by atoms with Gasteiger partial charge in [0.1, 0.15) is 11.3 Å². The Kier molecular flexibility index (Phi) is 7.10. The molecule has 2 aromatic carbocycles. The summed E-state index contributed by atoms with van der Waals surface area (Å²) in [5, 5.41) is 20.0. The van der Waals surface area contributed by atoms with E-state index in [-0.39, 0.29) is 51.7 Å². The number of thiazole rings is 1. The van der Waals surface area contributed by atoms with Crippen molar-refractivity contribution in [3.8, 4) is 12.1 Å². The van der Waals surface area contributed by atoms with Crippen LogP contribution in [0.5, 0.6) is 0 Å². The van der Waals surface area contributed by atoms with Crippen LogP contribution < -0.4 is 5.32 Å². The molecule has 1 N–H and O–H groups in total. The van der Waals surface area contributed by atoms with Crippen molar-refractivity contribution in [2.45, 2.75) is 17.7 Å². The third-order valence-corrected chi connectivity index (χ3v) is 7.16. The summed E-state index contributed by atoms with van der Waals surface area (Å²) >= 11 is 0.897. The molecule has 0 saturated heterocycles. The third kappa shape index (κ3) is 5.06. The summed E-state index contributed by atoms with van der Waals surface area (Å²) in [5.74, 6) is -2.21. The molecule has 3 aromatic rings. The molecule has 0 atom stereocenters. The van der Waals surface area contributed by atoms with Crippen LogP contribution in [0.4, 0.5) is 13.9 Å². The van der Waals surface area contributed by atoms with Gasteiger partial charge in [0.15, 0.2) is 10.9 Å². The Balaban J connectivity index is 1.78. The van der Waals surface area contributed by atoms with E-state index >= 15 is 0 Å². The lowest BCUT2D eigenvalue weighted by Gasteiger charge is -2.20. The zero-order valence-corrected chi connectivity index (χ0v) is 18.0. The van der Waals surface area contributed by atoms with E-state index in [1.54, 1.807) is 0 Å². The van der Waals surface area contributed by atoms with Gasteiger partial charge in [-0.05, 0) is 30.3 Å². The lowest BCUT2D eigenvalue weighted by Crippen LogP contribution is -2.32. The Hall–Kier alpha value is -3.45. The zero-order valence-electron chi connectivity index (χ0n) is 16.4. The summed E-state index contributed by atoms with van der Waals surface area (Å²) in [6.45, 7) is -0.116. The number of carbonyl (C=O) groups excluding carboxylic acids is 1. The molecular formula is C20H15F2N5O3S2. The van der Waals surface area contributed by atoms with E-state index in [4.69, 9.17) is 10.5 Å². The van der Waals surface area contributed by atoms with Gasteiger partial charge in [-0.1, -0.05) is 11.3 Å². The molecule has 0 bridgehead atoms. The number of hydrogen-bond acceptors (Lipinski definition) is 7. The smallest absolute Gasteiger partial charge is 0.257 e. The van der Waals surface area contributed by atoms with Crippen LogP contribution in [0.3, 0.4) is 0 Å². The number of fused-ring (bicyclic) bond motifs is 1. The van der Waals surface area contributed by atoms with Crippen molar-refractivity contribution in [3.05, 3.63) is 53.6 Å². The number of sulfonamides is 1. The van der Waals surface area contributed by atoms with E-state index in [9.17, 15) is 22.0 Å². The maximum absolute atomic E-state index is 13.8. The van der Waals surface area contributed by atoms with Crippen molar-refractivity contribution in [1.29, 1.82) is 10.5 Å². The minimum atomic E-state index is -3.96. The maximum atomic E-state index is 13.8. The highest BCUT2D eigenvalue weighted by molar-refractivity contribution is 7.89. The van der Waals surface area contributed by atoms with Crippen LogP contribution in [0.25, 0.3) is 10.2 Å². The molecule has 1 heterocycles. The van der Waals surface area contributed by atoms with Crippen LogP contribution in [0.1, 0.15) is 23.2 Å². The van der Waals surface area contributed by atoms with Crippen LogP contribution in [-0.4, -0.2) is 36.7 Å². The van der Waals surface area contributed by atoms with Crippen LogP contribution in [0, 0.1) is 34.3 Å². The van der Waals surface area contributed by atoms with Crippen LogP contribution in [0.2, 0.25) is 0 Å². The zero-order chi connectivity index (χ0) is 23.3. The Morgan fingerprint density at radius 2 is 1.72 bits per heavy atom. The van der Waals surface area contributed by atoms with Gasteiger partial charge in [-0.3, -0.25) is 10.1 Å². The standard InChI is InChI=1S/C20H15F2N5O3S2/c21-14-11-16(22)18-17(12-14)31-20(25-18)26-19(28)13-3-5-15(6-4-13)32(29,30)27(9-1-7-23)10-2-8-24/h3-6,11-12H,1-2,9-10H2,(H,25,26,28). The highest BCUT2D eigenvalue weighted by atomic mass is 32.2. The Morgan fingerprint density at radius 3 is 2.31 bits per heavy atom. The molecule has 3 rings (SSSR count). The second-order valence-electron chi connectivity index (χ2n) is 6.45. The van der Waals surface area contributed by atoms with Gasteiger partial charge in [0.2, 0.25) is 10.0 Å². The monoisotopic (exact) mass is 475 g/mol. The fourth-order valence-electron chi connectivity index (χ4n) is 2.81. The number of rotatable bonds is 8. The fourth-order valence-corrected chi connectivity index (χ4v) is 5.15. The Labute approximate surface area is 186 Å². The van der Waals surface area contributed by atoms with Gasteiger partial charge in [-0.2, -0.15) is 14.8 Å². The molecule has 32 heavy (non-hydrogen) atoms. The summed E-state index contributed by atoms with van der Waals surface area (Å²) in [5.41, 5.74) is 0.0541. The van der Waals surface area contributed by atoms with Gasteiger partial charge in [-0.25, -0.2) is 22.2 Å². The number of carbonyl (C=O) groups is 1. The number of nitrogens with zero attached hydrogens (tertiary/aromatic N) is 4. The first-order valence-corrected chi connectivity index (χ1v) is 11.4. The first-order chi connectivity index (χ1) is 15.3. The number of aromatic nitrogens is 1. The average molecular weight is 476 g/mol. The van der Waals surface area contributed by atoms with Crippen molar-refractivity contribution in [3.63, 3.8) is 0 Å². The predicted molar refractivity (Wildman–Crippen MR) is 113 cm³/mol. The van der Waals surface area contributed by atoms with E-state index in [2.05, 4.69) is 10.3 Å². The fraction of sp³-hybridized carbons (Fsp3) is 0.200. The van der Waals surface area contributed by atoms with E-state index in [1.165, 1.54) is 24.3 Å². The molecule has 12 heteroatoms. The minimum absolute atomic E-state index is 0.0300. The van der Waals surface area contributed by atoms with E-state index in [0.717, 1.165) is 21.7 Å². The quantitative estimate of drug-likeness (QED) is 0.530. The molecule has 0 saturated carbocycles.